The number of ether oxygens (including phenoxy) is 2. The number of nitrogens with zero attached hydrogens (tertiary/aromatic N) is 4. The number of rotatable bonds is 5. The molecule has 1 aromatic carbocycles. The standard InChI is InChI=1S/C21H28N4O4/c1-14-18(23-29-22-14)11-21(26)25-7-4-5-17(13-25)24-8-6-15-9-19(27-2)20(28-3)10-16(15)12-24/h9-10,17H,4-8,11-13H2,1-3H3. The van der Waals surface area contributed by atoms with E-state index in [9.17, 15) is 4.79 Å². The Bertz CT molecular complexity index is 882. The number of hydrogen-bond donors (Lipinski definition) is 0. The summed E-state index contributed by atoms with van der Waals surface area (Å²) in [5.41, 5.74) is 3.91. The molecule has 0 saturated carbocycles. The highest BCUT2D eigenvalue weighted by molar-refractivity contribution is 5.78. The zero-order chi connectivity index (χ0) is 20.4. The van der Waals surface area contributed by atoms with Crippen LogP contribution >= 0.6 is 0 Å². The Balaban J connectivity index is 1.43. The minimum Gasteiger partial charge on any atom is -0.493 e. The number of aryl methyl sites for hydroxylation is 1. The Hall–Kier alpha value is -2.61. The summed E-state index contributed by atoms with van der Waals surface area (Å²) in [6.07, 6.45) is 3.35. The molecular weight excluding hydrogens is 372 g/mol. The molecule has 0 bridgehead atoms. The van der Waals surface area contributed by atoms with Crippen molar-refractivity contribution >= 4 is 5.91 Å². The van der Waals surface area contributed by atoms with Gasteiger partial charge < -0.3 is 14.4 Å². The molecule has 2 aliphatic heterocycles. The van der Waals surface area contributed by atoms with Crippen LogP contribution in [0.15, 0.2) is 16.8 Å². The van der Waals surface area contributed by atoms with Gasteiger partial charge in [0.15, 0.2) is 11.5 Å². The van der Waals surface area contributed by atoms with Crippen LogP contribution in [0.3, 0.4) is 0 Å². The number of methoxy groups -OCH3 is 2. The quantitative estimate of drug-likeness (QED) is 0.759. The summed E-state index contributed by atoms with van der Waals surface area (Å²) in [5.74, 6) is 1.65. The van der Waals surface area contributed by atoms with Gasteiger partial charge in [-0.15, -0.1) is 0 Å². The largest absolute Gasteiger partial charge is 0.493 e. The van der Waals surface area contributed by atoms with Crippen molar-refractivity contribution in [2.45, 2.75) is 45.2 Å². The van der Waals surface area contributed by atoms with Crippen LogP contribution in [0.25, 0.3) is 0 Å². The van der Waals surface area contributed by atoms with Crippen molar-refractivity contribution in [1.29, 1.82) is 0 Å². The Morgan fingerprint density at radius 3 is 2.62 bits per heavy atom. The average molecular weight is 400 g/mol. The molecule has 1 atom stereocenters. The van der Waals surface area contributed by atoms with E-state index < -0.39 is 0 Å². The molecular formula is C21H28N4O4. The fraction of sp³-hybridized carbons (Fsp3) is 0.571. The minimum absolute atomic E-state index is 0.0947. The molecule has 0 N–H and O–H groups in total. The van der Waals surface area contributed by atoms with Crippen molar-refractivity contribution in [2.75, 3.05) is 33.9 Å². The predicted molar refractivity (Wildman–Crippen MR) is 106 cm³/mol. The summed E-state index contributed by atoms with van der Waals surface area (Å²) in [5, 5.41) is 7.62. The lowest BCUT2D eigenvalue weighted by Crippen LogP contribution is -2.51. The van der Waals surface area contributed by atoms with Gasteiger partial charge in [-0.05, 0) is 49.4 Å². The summed E-state index contributed by atoms with van der Waals surface area (Å²) in [6, 6.07) is 4.55. The van der Waals surface area contributed by atoms with Gasteiger partial charge in [-0.25, -0.2) is 4.63 Å². The third-order valence-corrected chi connectivity index (χ3v) is 6.08. The number of hydrogen-bond acceptors (Lipinski definition) is 7. The van der Waals surface area contributed by atoms with Gasteiger partial charge in [0, 0.05) is 32.2 Å². The lowest BCUT2D eigenvalue weighted by atomic mass is 9.95. The molecule has 156 valence electrons. The summed E-state index contributed by atoms with van der Waals surface area (Å²) < 4.78 is 15.6. The smallest absolute Gasteiger partial charge is 0.228 e. The number of fused-ring (bicyclic) bond motifs is 1. The zero-order valence-corrected chi connectivity index (χ0v) is 17.3. The number of carbonyl (C=O) groups excluding carboxylic acids is 1. The Morgan fingerprint density at radius 2 is 1.93 bits per heavy atom. The van der Waals surface area contributed by atoms with Crippen molar-refractivity contribution in [3.05, 3.63) is 34.6 Å². The maximum absolute atomic E-state index is 12.8. The Morgan fingerprint density at radius 1 is 1.17 bits per heavy atom. The van der Waals surface area contributed by atoms with Crippen LogP contribution in [0, 0.1) is 6.92 Å². The average Bonchev–Trinajstić information content (AvgIpc) is 3.16. The van der Waals surface area contributed by atoms with E-state index in [0.717, 1.165) is 56.9 Å². The van der Waals surface area contributed by atoms with Crippen molar-refractivity contribution in [2.24, 2.45) is 0 Å². The monoisotopic (exact) mass is 400 g/mol. The fourth-order valence-electron chi connectivity index (χ4n) is 4.36. The first kappa shape index (κ1) is 19.7. The van der Waals surface area contributed by atoms with Gasteiger partial charge in [0.1, 0.15) is 11.4 Å². The van der Waals surface area contributed by atoms with E-state index in [2.05, 4.69) is 27.3 Å². The number of aromatic nitrogens is 2. The van der Waals surface area contributed by atoms with E-state index in [1.807, 2.05) is 11.8 Å². The van der Waals surface area contributed by atoms with Gasteiger partial charge in [-0.1, -0.05) is 10.3 Å². The molecule has 4 rings (SSSR count). The second-order valence-corrected chi connectivity index (χ2v) is 7.81. The summed E-state index contributed by atoms with van der Waals surface area (Å²) in [4.78, 5) is 17.2. The van der Waals surface area contributed by atoms with Crippen molar-refractivity contribution < 1.29 is 18.9 Å². The second-order valence-electron chi connectivity index (χ2n) is 7.81. The Kier molecular flexibility index (Phi) is 5.71. The van der Waals surface area contributed by atoms with Crippen LogP contribution in [0.2, 0.25) is 0 Å². The van der Waals surface area contributed by atoms with Crippen LogP contribution in [0.4, 0.5) is 0 Å². The number of piperidine rings is 1. The highest BCUT2D eigenvalue weighted by Crippen LogP contribution is 2.34. The molecule has 8 nitrogen and oxygen atoms in total. The lowest BCUT2D eigenvalue weighted by Gasteiger charge is -2.41. The fourth-order valence-corrected chi connectivity index (χ4v) is 4.36. The molecule has 2 aliphatic rings. The highest BCUT2D eigenvalue weighted by Gasteiger charge is 2.31. The minimum atomic E-state index is 0.0947. The van der Waals surface area contributed by atoms with Gasteiger partial charge in [-0.3, -0.25) is 9.69 Å². The van der Waals surface area contributed by atoms with Gasteiger partial charge in [0.2, 0.25) is 5.91 Å². The van der Waals surface area contributed by atoms with E-state index in [1.165, 1.54) is 11.1 Å². The van der Waals surface area contributed by atoms with Crippen molar-refractivity contribution in [3.63, 3.8) is 0 Å². The van der Waals surface area contributed by atoms with Gasteiger partial charge in [0.25, 0.3) is 0 Å². The number of amides is 1. The highest BCUT2D eigenvalue weighted by atomic mass is 16.6. The molecule has 29 heavy (non-hydrogen) atoms. The van der Waals surface area contributed by atoms with Crippen LogP contribution in [0.1, 0.15) is 35.4 Å². The summed E-state index contributed by atoms with van der Waals surface area (Å²) in [7, 11) is 3.34. The number of carbonyl (C=O) groups is 1. The van der Waals surface area contributed by atoms with E-state index in [-0.39, 0.29) is 12.3 Å². The van der Waals surface area contributed by atoms with Gasteiger partial charge in [-0.2, -0.15) is 0 Å². The van der Waals surface area contributed by atoms with Crippen molar-refractivity contribution in [1.82, 2.24) is 20.1 Å². The van der Waals surface area contributed by atoms with Crippen LogP contribution < -0.4 is 9.47 Å². The molecule has 3 heterocycles. The lowest BCUT2D eigenvalue weighted by molar-refractivity contribution is -0.132. The maximum Gasteiger partial charge on any atom is 0.228 e. The van der Waals surface area contributed by atoms with Crippen LogP contribution in [-0.4, -0.2) is 65.9 Å². The van der Waals surface area contributed by atoms with E-state index >= 15 is 0 Å². The molecule has 1 unspecified atom stereocenters. The zero-order valence-electron chi connectivity index (χ0n) is 17.3. The van der Waals surface area contributed by atoms with E-state index in [4.69, 9.17) is 14.1 Å². The normalized spacial score (nSPS) is 19.7. The van der Waals surface area contributed by atoms with Crippen LogP contribution in [0.5, 0.6) is 11.5 Å². The molecule has 1 amide bonds. The SMILES string of the molecule is COc1cc2c(cc1OC)CN(C1CCCN(C(=O)Cc3nonc3C)C1)CC2. The first-order chi connectivity index (χ1) is 14.1. The number of benzene rings is 1. The summed E-state index contributed by atoms with van der Waals surface area (Å²) in [6.45, 7) is 5.23. The molecule has 2 aromatic rings. The first-order valence-corrected chi connectivity index (χ1v) is 10.1. The third kappa shape index (κ3) is 4.07. The molecule has 0 aliphatic carbocycles. The van der Waals surface area contributed by atoms with E-state index in [0.29, 0.717) is 17.4 Å². The van der Waals surface area contributed by atoms with Gasteiger partial charge in [0.05, 0.1) is 20.6 Å². The van der Waals surface area contributed by atoms with E-state index in [1.54, 1.807) is 14.2 Å². The molecule has 0 spiro atoms. The molecule has 1 fully saturated rings. The molecule has 0 radical (unpaired) electrons. The maximum atomic E-state index is 12.8. The summed E-state index contributed by atoms with van der Waals surface area (Å²) >= 11 is 0. The van der Waals surface area contributed by atoms with Crippen molar-refractivity contribution in [3.8, 4) is 11.5 Å². The van der Waals surface area contributed by atoms with Crippen LogP contribution in [-0.2, 0) is 24.2 Å². The first-order valence-electron chi connectivity index (χ1n) is 10.1. The molecule has 1 aromatic heterocycles. The number of likely N-dealkylation sites (tertiary alicyclic amines) is 1. The van der Waals surface area contributed by atoms with Gasteiger partial charge >= 0.3 is 0 Å². The third-order valence-electron chi connectivity index (χ3n) is 6.08. The topological polar surface area (TPSA) is 80.9 Å². The predicted octanol–water partition coefficient (Wildman–Crippen LogP) is 1.99. The Labute approximate surface area is 170 Å². The second kappa shape index (κ2) is 8.41. The molecule has 1 saturated heterocycles. The molecule has 8 heteroatoms.